The summed E-state index contributed by atoms with van der Waals surface area (Å²) < 4.78 is 0. The molecule has 0 saturated carbocycles. The smallest absolute Gasteiger partial charge is 0.0471 e. The first kappa shape index (κ1) is 9.56. The molecule has 2 aromatic rings. The van der Waals surface area contributed by atoms with Gasteiger partial charge in [0.1, 0.15) is 0 Å². The second-order valence-electron chi connectivity index (χ2n) is 3.69. The lowest BCUT2D eigenvalue weighted by Crippen LogP contribution is -2.17. The van der Waals surface area contributed by atoms with Gasteiger partial charge in [0.05, 0.1) is 0 Å². The Kier molecular flexibility index (Phi) is 2.48. The standard InChI is InChI=1S/C11H13ClN2/c1-7(13)4-8-6-14-11-5-9(12)2-3-10(8)11/h2-3,5-7,14H,4,13H2,1H3. The molecule has 0 aliphatic rings. The second kappa shape index (κ2) is 3.64. The van der Waals surface area contributed by atoms with Crippen LogP contribution in [0.5, 0.6) is 0 Å². The van der Waals surface area contributed by atoms with Crippen LogP contribution in [0.3, 0.4) is 0 Å². The summed E-state index contributed by atoms with van der Waals surface area (Å²) in [5.41, 5.74) is 8.10. The zero-order valence-corrected chi connectivity index (χ0v) is 8.81. The number of halogens is 1. The predicted octanol–water partition coefficient (Wildman–Crippen LogP) is 2.71. The Morgan fingerprint density at radius 3 is 3.00 bits per heavy atom. The molecular weight excluding hydrogens is 196 g/mol. The van der Waals surface area contributed by atoms with Gasteiger partial charge in [-0.2, -0.15) is 0 Å². The lowest BCUT2D eigenvalue weighted by Gasteiger charge is -2.02. The van der Waals surface area contributed by atoms with Crippen molar-refractivity contribution in [1.29, 1.82) is 0 Å². The molecule has 1 heterocycles. The Hall–Kier alpha value is -0.990. The van der Waals surface area contributed by atoms with Crippen molar-refractivity contribution in [2.45, 2.75) is 19.4 Å². The lowest BCUT2D eigenvalue weighted by molar-refractivity contribution is 0.741. The summed E-state index contributed by atoms with van der Waals surface area (Å²) in [5, 5.41) is 1.97. The van der Waals surface area contributed by atoms with E-state index in [1.165, 1.54) is 10.9 Å². The lowest BCUT2D eigenvalue weighted by atomic mass is 10.1. The van der Waals surface area contributed by atoms with Gasteiger partial charge < -0.3 is 10.7 Å². The number of hydrogen-bond donors (Lipinski definition) is 2. The number of H-pyrrole nitrogens is 1. The monoisotopic (exact) mass is 208 g/mol. The van der Waals surface area contributed by atoms with Gasteiger partial charge in [0.2, 0.25) is 0 Å². The molecule has 14 heavy (non-hydrogen) atoms. The van der Waals surface area contributed by atoms with Crippen LogP contribution in [0, 0.1) is 0 Å². The Morgan fingerprint density at radius 1 is 1.50 bits per heavy atom. The summed E-state index contributed by atoms with van der Waals surface area (Å²) >= 11 is 5.89. The molecule has 3 heteroatoms. The maximum Gasteiger partial charge on any atom is 0.0471 e. The van der Waals surface area contributed by atoms with E-state index in [0.717, 1.165) is 17.0 Å². The number of hydrogen-bond acceptors (Lipinski definition) is 1. The van der Waals surface area contributed by atoms with Crippen LogP contribution in [0.25, 0.3) is 10.9 Å². The van der Waals surface area contributed by atoms with Crippen molar-refractivity contribution in [1.82, 2.24) is 4.98 Å². The van der Waals surface area contributed by atoms with Crippen LogP contribution in [0.1, 0.15) is 12.5 Å². The zero-order valence-electron chi connectivity index (χ0n) is 8.05. The van der Waals surface area contributed by atoms with Crippen LogP contribution >= 0.6 is 11.6 Å². The fourth-order valence-electron chi connectivity index (χ4n) is 1.67. The van der Waals surface area contributed by atoms with E-state index in [0.29, 0.717) is 0 Å². The topological polar surface area (TPSA) is 41.8 Å². The van der Waals surface area contributed by atoms with Crippen LogP contribution in [-0.4, -0.2) is 11.0 Å². The third-order valence-electron chi connectivity index (χ3n) is 2.27. The van der Waals surface area contributed by atoms with Gasteiger partial charge in [0, 0.05) is 28.2 Å². The maximum absolute atomic E-state index is 5.89. The SMILES string of the molecule is CC(N)Cc1c[nH]c2cc(Cl)ccc12. The van der Waals surface area contributed by atoms with Crippen molar-refractivity contribution >= 4 is 22.5 Å². The van der Waals surface area contributed by atoms with E-state index in [9.17, 15) is 0 Å². The van der Waals surface area contributed by atoms with E-state index in [-0.39, 0.29) is 6.04 Å². The minimum atomic E-state index is 0.185. The molecule has 0 saturated heterocycles. The highest BCUT2D eigenvalue weighted by Crippen LogP contribution is 2.22. The van der Waals surface area contributed by atoms with E-state index in [1.54, 1.807) is 0 Å². The molecule has 74 valence electrons. The Bertz CT molecular complexity index is 445. The van der Waals surface area contributed by atoms with E-state index in [4.69, 9.17) is 17.3 Å². The Labute approximate surface area is 88.1 Å². The fraction of sp³-hybridized carbons (Fsp3) is 0.273. The van der Waals surface area contributed by atoms with Gasteiger partial charge in [-0.3, -0.25) is 0 Å². The molecule has 3 N–H and O–H groups in total. The van der Waals surface area contributed by atoms with Gasteiger partial charge in [-0.05, 0) is 31.0 Å². The molecule has 0 aliphatic heterocycles. The Balaban J connectivity index is 2.47. The maximum atomic E-state index is 5.89. The van der Waals surface area contributed by atoms with Gasteiger partial charge in [-0.1, -0.05) is 17.7 Å². The second-order valence-corrected chi connectivity index (χ2v) is 4.12. The first-order valence-corrected chi connectivity index (χ1v) is 5.05. The average molecular weight is 209 g/mol. The number of fused-ring (bicyclic) bond motifs is 1. The third-order valence-corrected chi connectivity index (χ3v) is 2.51. The van der Waals surface area contributed by atoms with Gasteiger partial charge >= 0.3 is 0 Å². The highest BCUT2D eigenvalue weighted by atomic mass is 35.5. The zero-order chi connectivity index (χ0) is 10.1. The molecule has 0 spiro atoms. The largest absolute Gasteiger partial charge is 0.361 e. The van der Waals surface area contributed by atoms with Gasteiger partial charge in [0.15, 0.2) is 0 Å². The number of nitrogens with one attached hydrogen (secondary N) is 1. The van der Waals surface area contributed by atoms with E-state index >= 15 is 0 Å². The van der Waals surface area contributed by atoms with Crippen molar-refractivity contribution in [2.75, 3.05) is 0 Å². The number of aromatic nitrogens is 1. The molecule has 0 bridgehead atoms. The molecule has 2 rings (SSSR count). The molecule has 1 aromatic carbocycles. The molecule has 0 radical (unpaired) electrons. The van der Waals surface area contributed by atoms with Crippen molar-refractivity contribution in [3.63, 3.8) is 0 Å². The minimum Gasteiger partial charge on any atom is -0.361 e. The van der Waals surface area contributed by atoms with Crippen LogP contribution < -0.4 is 5.73 Å². The summed E-state index contributed by atoms with van der Waals surface area (Å²) in [6.07, 6.45) is 2.89. The van der Waals surface area contributed by atoms with Crippen molar-refractivity contribution in [3.05, 3.63) is 35.0 Å². The molecular formula is C11H13ClN2. The van der Waals surface area contributed by atoms with Gasteiger partial charge in [0.25, 0.3) is 0 Å². The number of nitrogens with two attached hydrogens (primary N) is 1. The predicted molar refractivity (Wildman–Crippen MR) is 60.7 cm³/mol. The summed E-state index contributed by atoms with van der Waals surface area (Å²) in [5.74, 6) is 0. The molecule has 0 aliphatic carbocycles. The van der Waals surface area contributed by atoms with Crippen molar-refractivity contribution < 1.29 is 0 Å². The highest BCUT2D eigenvalue weighted by molar-refractivity contribution is 6.31. The van der Waals surface area contributed by atoms with Crippen molar-refractivity contribution in [2.24, 2.45) is 5.73 Å². The first-order chi connectivity index (χ1) is 6.66. The van der Waals surface area contributed by atoms with Crippen LogP contribution in [0.4, 0.5) is 0 Å². The van der Waals surface area contributed by atoms with Gasteiger partial charge in [-0.15, -0.1) is 0 Å². The molecule has 1 aromatic heterocycles. The number of benzene rings is 1. The first-order valence-electron chi connectivity index (χ1n) is 4.68. The van der Waals surface area contributed by atoms with E-state index in [2.05, 4.69) is 4.98 Å². The number of rotatable bonds is 2. The molecule has 0 amide bonds. The van der Waals surface area contributed by atoms with Crippen LogP contribution in [0.2, 0.25) is 5.02 Å². The van der Waals surface area contributed by atoms with Gasteiger partial charge in [-0.25, -0.2) is 0 Å². The van der Waals surface area contributed by atoms with E-state index < -0.39 is 0 Å². The minimum absolute atomic E-state index is 0.185. The highest BCUT2D eigenvalue weighted by Gasteiger charge is 2.05. The third kappa shape index (κ3) is 1.76. The average Bonchev–Trinajstić information content (AvgIpc) is 2.47. The Morgan fingerprint density at radius 2 is 2.29 bits per heavy atom. The number of aromatic amines is 1. The quantitative estimate of drug-likeness (QED) is 0.783. The summed E-state index contributed by atoms with van der Waals surface area (Å²) in [6, 6.07) is 6.06. The van der Waals surface area contributed by atoms with Crippen LogP contribution in [0.15, 0.2) is 24.4 Å². The van der Waals surface area contributed by atoms with Crippen molar-refractivity contribution in [3.8, 4) is 0 Å². The molecule has 0 fully saturated rings. The molecule has 1 unspecified atom stereocenters. The normalized spacial score (nSPS) is 13.4. The summed E-state index contributed by atoms with van der Waals surface area (Å²) in [6.45, 7) is 2.01. The summed E-state index contributed by atoms with van der Waals surface area (Å²) in [7, 11) is 0. The molecule has 2 nitrogen and oxygen atoms in total. The van der Waals surface area contributed by atoms with E-state index in [1.807, 2.05) is 31.3 Å². The molecule has 1 atom stereocenters. The fourth-order valence-corrected chi connectivity index (χ4v) is 1.85. The van der Waals surface area contributed by atoms with Crippen LogP contribution in [-0.2, 0) is 6.42 Å². The summed E-state index contributed by atoms with van der Waals surface area (Å²) in [4.78, 5) is 3.19.